The van der Waals surface area contributed by atoms with E-state index >= 15 is 0 Å². The number of nitrogens with one attached hydrogen (secondary N) is 1. The van der Waals surface area contributed by atoms with Crippen molar-refractivity contribution in [3.8, 4) is 0 Å². The third kappa shape index (κ3) is 4.68. The van der Waals surface area contributed by atoms with Gasteiger partial charge in [0.15, 0.2) is 0 Å². The molecule has 1 atom stereocenters. The van der Waals surface area contributed by atoms with Crippen molar-refractivity contribution in [3.05, 3.63) is 65.5 Å². The van der Waals surface area contributed by atoms with Gasteiger partial charge in [-0.25, -0.2) is 0 Å². The molecule has 1 N–H and O–H groups in total. The fourth-order valence-corrected chi connectivity index (χ4v) is 2.72. The molecule has 0 aliphatic rings. The first-order chi connectivity index (χ1) is 10.3. The van der Waals surface area contributed by atoms with Crippen LogP contribution in [0.25, 0.3) is 0 Å². The van der Waals surface area contributed by atoms with Gasteiger partial charge in [0, 0.05) is 18.4 Å². The maximum atomic E-state index is 4.27. The van der Waals surface area contributed by atoms with Gasteiger partial charge in [-0.1, -0.05) is 44.2 Å². The molecule has 1 heterocycles. The lowest BCUT2D eigenvalue weighted by molar-refractivity contribution is 0.496. The van der Waals surface area contributed by atoms with Crippen LogP contribution in [0, 0.1) is 0 Å². The molecule has 21 heavy (non-hydrogen) atoms. The number of hydrogen-bond acceptors (Lipinski definition) is 2. The fourth-order valence-electron chi connectivity index (χ4n) is 2.72. The minimum atomic E-state index is 0.420. The normalized spacial score (nSPS) is 12.3. The number of pyridine rings is 1. The second kappa shape index (κ2) is 8.58. The quantitative estimate of drug-likeness (QED) is 0.780. The van der Waals surface area contributed by atoms with Crippen LogP contribution in [0.5, 0.6) is 0 Å². The average Bonchev–Trinajstić information content (AvgIpc) is 2.56. The van der Waals surface area contributed by atoms with E-state index in [1.54, 1.807) is 0 Å². The van der Waals surface area contributed by atoms with Crippen LogP contribution in [0.3, 0.4) is 0 Å². The van der Waals surface area contributed by atoms with Gasteiger partial charge in [-0.2, -0.15) is 0 Å². The van der Waals surface area contributed by atoms with Gasteiger partial charge in [-0.3, -0.25) is 4.98 Å². The molecule has 0 radical (unpaired) electrons. The fraction of sp³-hybridized carbons (Fsp3) is 0.421. The van der Waals surface area contributed by atoms with Crippen molar-refractivity contribution in [2.45, 2.75) is 45.6 Å². The van der Waals surface area contributed by atoms with Crippen LogP contribution in [-0.4, -0.2) is 11.5 Å². The van der Waals surface area contributed by atoms with Crippen LogP contribution in [-0.2, 0) is 12.8 Å². The molecule has 2 nitrogen and oxygen atoms in total. The Labute approximate surface area is 128 Å². The molecule has 0 saturated heterocycles. The summed E-state index contributed by atoms with van der Waals surface area (Å²) in [7, 11) is 0. The van der Waals surface area contributed by atoms with Gasteiger partial charge in [0.25, 0.3) is 0 Å². The second-order valence-corrected chi connectivity index (χ2v) is 5.46. The predicted octanol–water partition coefficient (Wildman–Crippen LogP) is 4.32. The zero-order valence-electron chi connectivity index (χ0n) is 13.2. The SMILES string of the molecule is CCCNC(CCc1ccccc1)c1ccncc1CC. The molecule has 112 valence electrons. The highest BCUT2D eigenvalue weighted by molar-refractivity contribution is 5.27. The van der Waals surface area contributed by atoms with E-state index in [0.29, 0.717) is 6.04 Å². The molecule has 2 aromatic rings. The van der Waals surface area contributed by atoms with Crippen LogP contribution in [0.2, 0.25) is 0 Å². The van der Waals surface area contributed by atoms with E-state index in [4.69, 9.17) is 0 Å². The molecule has 1 aromatic heterocycles. The summed E-state index contributed by atoms with van der Waals surface area (Å²) in [5, 5.41) is 3.70. The van der Waals surface area contributed by atoms with E-state index in [0.717, 1.165) is 32.2 Å². The summed E-state index contributed by atoms with van der Waals surface area (Å²) < 4.78 is 0. The molecule has 1 aromatic carbocycles. The van der Waals surface area contributed by atoms with Gasteiger partial charge in [-0.05, 0) is 55.0 Å². The van der Waals surface area contributed by atoms with Crippen molar-refractivity contribution in [1.29, 1.82) is 0 Å². The van der Waals surface area contributed by atoms with Gasteiger partial charge in [0.05, 0.1) is 0 Å². The van der Waals surface area contributed by atoms with Crippen molar-refractivity contribution in [2.75, 3.05) is 6.54 Å². The number of nitrogens with zero attached hydrogens (tertiary/aromatic N) is 1. The van der Waals surface area contributed by atoms with Gasteiger partial charge in [-0.15, -0.1) is 0 Å². The Hall–Kier alpha value is -1.67. The lowest BCUT2D eigenvalue weighted by Gasteiger charge is -2.21. The van der Waals surface area contributed by atoms with Gasteiger partial charge in [0.2, 0.25) is 0 Å². The Balaban J connectivity index is 2.10. The zero-order valence-corrected chi connectivity index (χ0v) is 13.2. The molecule has 1 unspecified atom stereocenters. The highest BCUT2D eigenvalue weighted by Gasteiger charge is 2.14. The molecule has 0 fully saturated rings. The first-order valence-electron chi connectivity index (χ1n) is 8.05. The Morgan fingerprint density at radius 3 is 2.62 bits per heavy atom. The third-order valence-electron chi connectivity index (χ3n) is 3.90. The number of benzene rings is 1. The molecule has 0 amide bonds. The molecular weight excluding hydrogens is 256 g/mol. The Morgan fingerprint density at radius 1 is 1.10 bits per heavy atom. The number of aryl methyl sites for hydroxylation is 2. The van der Waals surface area contributed by atoms with E-state index in [1.807, 2.05) is 12.4 Å². The Morgan fingerprint density at radius 2 is 1.90 bits per heavy atom. The molecule has 0 bridgehead atoms. The number of aromatic nitrogens is 1. The van der Waals surface area contributed by atoms with Gasteiger partial charge >= 0.3 is 0 Å². The zero-order chi connectivity index (χ0) is 14.9. The van der Waals surface area contributed by atoms with E-state index in [9.17, 15) is 0 Å². The van der Waals surface area contributed by atoms with Gasteiger partial charge < -0.3 is 5.32 Å². The summed E-state index contributed by atoms with van der Waals surface area (Å²) in [5.41, 5.74) is 4.18. The average molecular weight is 282 g/mol. The summed E-state index contributed by atoms with van der Waals surface area (Å²) >= 11 is 0. The maximum Gasteiger partial charge on any atom is 0.0327 e. The summed E-state index contributed by atoms with van der Waals surface area (Å²) in [5.74, 6) is 0. The lowest BCUT2D eigenvalue weighted by Crippen LogP contribution is -2.24. The van der Waals surface area contributed by atoms with Crippen molar-refractivity contribution in [3.63, 3.8) is 0 Å². The molecule has 0 saturated carbocycles. The summed E-state index contributed by atoms with van der Waals surface area (Å²) in [6.07, 6.45) is 8.36. The maximum absolute atomic E-state index is 4.27. The van der Waals surface area contributed by atoms with Crippen LogP contribution in [0.4, 0.5) is 0 Å². The van der Waals surface area contributed by atoms with Crippen molar-refractivity contribution >= 4 is 0 Å². The first kappa shape index (κ1) is 15.7. The van der Waals surface area contributed by atoms with Crippen LogP contribution >= 0.6 is 0 Å². The topological polar surface area (TPSA) is 24.9 Å². The number of rotatable bonds is 8. The van der Waals surface area contributed by atoms with E-state index in [2.05, 4.69) is 60.5 Å². The van der Waals surface area contributed by atoms with Crippen LogP contribution in [0.15, 0.2) is 48.8 Å². The minimum absolute atomic E-state index is 0.420. The van der Waals surface area contributed by atoms with Crippen molar-refractivity contribution in [2.24, 2.45) is 0 Å². The molecular formula is C19H26N2. The second-order valence-electron chi connectivity index (χ2n) is 5.46. The Kier molecular flexibility index (Phi) is 6.42. The largest absolute Gasteiger partial charge is 0.310 e. The lowest BCUT2D eigenvalue weighted by atomic mass is 9.95. The summed E-state index contributed by atoms with van der Waals surface area (Å²) in [6.45, 7) is 5.48. The monoisotopic (exact) mass is 282 g/mol. The smallest absolute Gasteiger partial charge is 0.0327 e. The van der Waals surface area contributed by atoms with Crippen molar-refractivity contribution in [1.82, 2.24) is 10.3 Å². The predicted molar refractivity (Wildman–Crippen MR) is 89.4 cm³/mol. The molecule has 0 aliphatic carbocycles. The standard InChI is InChI=1S/C19H26N2/c1-3-13-21-19(11-10-16-8-6-5-7-9-16)18-12-14-20-15-17(18)4-2/h5-9,12,14-15,19,21H,3-4,10-11,13H2,1-2H3. The van der Waals surface area contributed by atoms with Crippen molar-refractivity contribution < 1.29 is 0 Å². The first-order valence-corrected chi connectivity index (χ1v) is 8.05. The van der Waals surface area contributed by atoms with Crippen LogP contribution in [0.1, 0.15) is 49.4 Å². The number of hydrogen-bond donors (Lipinski definition) is 1. The van der Waals surface area contributed by atoms with E-state index in [1.165, 1.54) is 16.7 Å². The molecule has 2 heteroatoms. The van der Waals surface area contributed by atoms with E-state index < -0.39 is 0 Å². The highest BCUT2D eigenvalue weighted by atomic mass is 14.9. The van der Waals surface area contributed by atoms with Crippen LogP contribution < -0.4 is 5.32 Å². The summed E-state index contributed by atoms with van der Waals surface area (Å²) in [6, 6.07) is 13.3. The summed E-state index contributed by atoms with van der Waals surface area (Å²) in [4.78, 5) is 4.27. The Bertz CT molecular complexity index is 522. The molecule has 2 rings (SSSR count). The highest BCUT2D eigenvalue weighted by Crippen LogP contribution is 2.22. The third-order valence-corrected chi connectivity index (χ3v) is 3.90. The molecule has 0 spiro atoms. The van der Waals surface area contributed by atoms with E-state index in [-0.39, 0.29) is 0 Å². The van der Waals surface area contributed by atoms with Gasteiger partial charge in [0.1, 0.15) is 0 Å². The molecule has 0 aliphatic heterocycles. The minimum Gasteiger partial charge on any atom is -0.310 e.